The molecule has 2 aromatic carbocycles. The van der Waals surface area contributed by atoms with Crippen molar-refractivity contribution >= 4 is 11.8 Å². The van der Waals surface area contributed by atoms with Crippen molar-refractivity contribution in [1.29, 1.82) is 0 Å². The molecular formula is C22H24O4. The normalized spacial score (nSPS) is 17.9. The van der Waals surface area contributed by atoms with Crippen molar-refractivity contribution in [2.24, 2.45) is 5.92 Å². The van der Waals surface area contributed by atoms with Crippen molar-refractivity contribution in [3.63, 3.8) is 0 Å². The Morgan fingerprint density at radius 1 is 1.23 bits per heavy atom. The number of aliphatic carboxylic acids is 1. The summed E-state index contributed by atoms with van der Waals surface area (Å²) in [4.78, 5) is 23.5. The Hall–Kier alpha value is -2.62. The van der Waals surface area contributed by atoms with Gasteiger partial charge in [-0.1, -0.05) is 30.3 Å². The Morgan fingerprint density at radius 2 is 1.96 bits per heavy atom. The van der Waals surface area contributed by atoms with Gasteiger partial charge >= 0.3 is 5.97 Å². The summed E-state index contributed by atoms with van der Waals surface area (Å²) in [6, 6.07) is 13.5. The molecule has 0 radical (unpaired) electrons. The fourth-order valence-electron chi connectivity index (χ4n) is 3.65. The molecule has 0 amide bonds. The third-order valence-electron chi connectivity index (χ3n) is 5.27. The molecule has 0 aliphatic heterocycles. The summed E-state index contributed by atoms with van der Waals surface area (Å²) in [7, 11) is 1.62. The average Bonchev–Trinajstić information content (AvgIpc) is 3.05. The van der Waals surface area contributed by atoms with Gasteiger partial charge in [0.05, 0.1) is 13.0 Å². The second-order valence-corrected chi connectivity index (χ2v) is 6.97. The van der Waals surface area contributed by atoms with E-state index in [1.165, 1.54) is 0 Å². The van der Waals surface area contributed by atoms with E-state index in [1.807, 2.05) is 42.5 Å². The van der Waals surface area contributed by atoms with Crippen molar-refractivity contribution in [2.45, 2.75) is 38.5 Å². The summed E-state index contributed by atoms with van der Waals surface area (Å²) in [5.74, 6) is -0.248. The monoisotopic (exact) mass is 352 g/mol. The molecule has 2 atom stereocenters. The molecule has 4 heteroatoms. The van der Waals surface area contributed by atoms with Crippen LogP contribution in [0.1, 0.15) is 43.2 Å². The predicted octanol–water partition coefficient (Wildman–Crippen LogP) is 4.46. The van der Waals surface area contributed by atoms with E-state index in [-0.39, 0.29) is 5.92 Å². The first-order valence-corrected chi connectivity index (χ1v) is 9.02. The van der Waals surface area contributed by atoms with Crippen LogP contribution in [0, 0.1) is 5.92 Å². The quantitative estimate of drug-likeness (QED) is 0.833. The van der Waals surface area contributed by atoms with E-state index in [9.17, 15) is 14.7 Å². The Balaban J connectivity index is 1.99. The summed E-state index contributed by atoms with van der Waals surface area (Å²) in [5, 5.41) is 9.46. The first kappa shape index (κ1) is 18.2. The molecule has 1 fully saturated rings. The maximum atomic E-state index is 12.0. The topological polar surface area (TPSA) is 63.6 Å². The standard InChI is InChI=1S/C22H24O4/c1-14(22(24)25)19-11-6-15(12-17-4-3-5-21(17)23)13-20(19)16-7-9-18(26-2)10-8-16/h6-11,13-14,17H,3-5,12H2,1-2H3,(H,24,25). The number of carbonyl (C=O) groups is 2. The smallest absolute Gasteiger partial charge is 0.310 e. The van der Waals surface area contributed by atoms with Gasteiger partial charge in [0.2, 0.25) is 0 Å². The first-order chi connectivity index (χ1) is 12.5. The molecule has 1 saturated carbocycles. The number of rotatable bonds is 6. The molecular weight excluding hydrogens is 328 g/mol. The number of carboxylic acid groups (broad SMARTS) is 1. The van der Waals surface area contributed by atoms with Gasteiger partial charge < -0.3 is 9.84 Å². The minimum atomic E-state index is -0.849. The van der Waals surface area contributed by atoms with Crippen LogP contribution >= 0.6 is 0 Å². The number of carboxylic acids is 1. The fourth-order valence-corrected chi connectivity index (χ4v) is 3.65. The molecule has 1 N–H and O–H groups in total. The Bertz CT molecular complexity index is 807. The minimum Gasteiger partial charge on any atom is -0.497 e. The van der Waals surface area contributed by atoms with E-state index >= 15 is 0 Å². The van der Waals surface area contributed by atoms with Crippen LogP contribution in [0.2, 0.25) is 0 Å². The van der Waals surface area contributed by atoms with E-state index in [4.69, 9.17) is 4.74 Å². The largest absolute Gasteiger partial charge is 0.497 e. The van der Waals surface area contributed by atoms with Gasteiger partial charge in [-0.2, -0.15) is 0 Å². The van der Waals surface area contributed by atoms with E-state index in [1.54, 1.807) is 14.0 Å². The highest BCUT2D eigenvalue weighted by molar-refractivity contribution is 5.83. The van der Waals surface area contributed by atoms with Gasteiger partial charge in [-0.15, -0.1) is 0 Å². The lowest BCUT2D eigenvalue weighted by Gasteiger charge is -2.17. The number of ketones is 1. The van der Waals surface area contributed by atoms with Gasteiger partial charge in [0, 0.05) is 12.3 Å². The van der Waals surface area contributed by atoms with Crippen LogP contribution in [0.25, 0.3) is 11.1 Å². The van der Waals surface area contributed by atoms with Crippen LogP contribution in [-0.4, -0.2) is 24.0 Å². The molecule has 26 heavy (non-hydrogen) atoms. The zero-order chi connectivity index (χ0) is 18.7. The molecule has 0 bridgehead atoms. The highest BCUT2D eigenvalue weighted by Gasteiger charge is 2.25. The zero-order valence-electron chi connectivity index (χ0n) is 15.2. The SMILES string of the molecule is COc1ccc(-c2cc(CC3CCCC3=O)ccc2C(C)C(=O)O)cc1. The number of hydrogen-bond acceptors (Lipinski definition) is 3. The molecule has 136 valence electrons. The first-order valence-electron chi connectivity index (χ1n) is 9.02. The number of Topliss-reactive ketones (excluding diaryl/α,β-unsaturated/α-hetero) is 1. The van der Waals surface area contributed by atoms with E-state index in [0.29, 0.717) is 12.2 Å². The summed E-state index contributed by atoms with van der Waals surface area (Å²) in [5.41, 5.74) is 3.72. The van der Waals surface area contributed by atoms with Crippen molar-refractivity contribution in [1.82, 2.24) is 0 Å². The zero-order valence-corrected chi connectivity index (χ0v) is 15.2. The molecule has 0 spiro atoms. The van der Waals surface area contributed by atoms with Gasteiger partial charge in [0.1, 0.15) is 11.5 Å². The number of ether oxygens (including phenoxy) is 1. The summed E-state index contributed by atoms with van der Waals surface area (Å²) in [6.07, 6.45) is 3.33. The van der Waals surface area contributed by atoms with Crippen LogP contribution < -0.4 is 4.74 Å². The number of hydrogen-bond donors (Lipinski definition) is 1. The van der Waals surface area contributed by atoms with Crippen molar-refractivity contribution in [3.8, 4) is 16.9 Å². The molecule has 4 nitrogen and oxygen atoms in total. The second-order valence-electron chi connectivity index (χ2n) is 6.97. The number of carbonyl (C=O) groups excluding carboxylic acids is 1. The summed E-state index contributed by atoms with van der Waals surface area (Å²) in [6.45, 7) is 1.70. The van der Waals surface area contributed by atoms with Crippen LogP contribution in [0.4, 0.5) is 0 Å². The van der Waals surface area contributed by atoms with Gasteiger partial charge in [-0.25, -0.2) is 0 Å². The van der Waals surface area contributed by atoms with Gasteiger partial charge in [-0.05, 0) is 60.6 Å². The van der Waals surface area contributed by atoms with Crippen molar-refractivity contribution in [3.05, 3.63) is 53.6 Å². The minimum absolute atomic E-state index is 0.0986. The second kappa shape index (κ2) is 7.73. The maximum Gasteiger partial charge on any atom is 0.310 e. The molecule has 0 saturated heterocycles. The van der Waals surface area contributed by atoms with Crippen molar-refractivity contribution < 1.29 is 19.4 Å². The van der Waals surface area contributed by atoms with Crippen LogP contribution in [-0.2, 0) is 16.0 Å². The molecule has 1 aliphatic rings. The Kier molecular flexibility index (Phi) is 5.40. The number of methoxy groups -OCH3 is 1. The third-order valence-corrected chi connectivity index (χ3v) is 5.27. The Morgan fingerprint density at radius 3 is 2.54 bits per heavy atom. The third kappa shape index (κ3) is 3.79. The van der Waals surface area contributed by atoms with Gasteiger partial charge in [0.25, 0.3) is 0 Å². The molecule has 0 heterocycles. The Labute approximate surface area is 153 Å². The molecule has 2 aromatic rings. The molecule has 2 unspecified atom stereocenters. The summed E-state index contributed by atoms with van der Waals surface area (Å²) >= 11 is 0. The average molecular weight is 352 g/mol. The lowest BCUT2D eigenvalue weighted by atomic mass is 9.87. The van der Waals surface area contributed by atoms with E-state index in [0.717, 1.165) is 47.3 Å². The van der Waals surface area contributed by atoms with Crippen LogP contribution in [0.3, 0.4) is 0 Å². The van der Waals surface area contributed by atoms with Crippen LogP contribution in [0.5, 0.6) is 5.75 Å². The highest BCUT2D eigenvalue weighted by Crippen LogP contribution is 2.33. The highest BCUT2D eigenvalue weighted by atomic mass is 16.5. The molecule has 0 aromatic heterocycles. The van der Waals surface area contributed by atoms with Crippen molar-refractivity contribution in [2.75, 3.05) is 7.11 Å². The van der Waals surface area contributed by atoms with Gasteiger partial charge in [0.15, 0.2) is 0 Å². The van der Waals surface area contributed by atoms with E-state index in [2.05, 4.69) is 0 Å². The maximum absolute atomic E-state index is 12.0. The number of benzene rings is 2. The van der Waals surface area contributed by atoms with Gasteiger partial charge in [-0.3, -0.25) is 9.59 Å². The lowest BCUT2D eigenvalue weighted by molar-refractivity contribution is -0.138. The predicted molar refractivity (Wildman–Crippen MR) is 101 cm³/mol. The molecule has 1 aliphatic carbocycles. The fraction of sp³-hybridized carbons (Fsp3) is 0.364. The molecule has 3 rings (SSSR count). The van der Waals surface area contributed by atoms with Crippen LogP contribution in [0.15, 0.2) is 42.5 Å². The lowest BCUT2D eigenvalue weighted by Crippen LogP contribution is -2.11. The van der Waals surface area contributed by atoms with E-state index < -0.39 is 11.9 Å². The summed E-state index contributed by atoms with van der Waals surface area (Å²) < 4.78 is 5.21.